The van der Waals surface area contributed by atoms with Crippen molar-refractivity contribution in [1.82, 2.24) is 14.7 Å². The first kappa shape index (κ1) is 51.0. The average Bonchev–Trinajstić information content (AvgIpc) is 2.95. The summed E-state index contributed by atoms with van der Waals surface area (Å²) in [5.74, 6) is 0. The summed E-state index contributed by atoms with van der Waals surface area (Å²) in [7, 11) is 0. The molecule has 0 aromatic rings. The second-order valence-electron chi connectivity index (χ2n) is 11.0. The van der Waals surface area contributed by atoms with Gasteiger partial charge in [-0.25, -0.2) is 0 Å². The molecule has 0 amide bonds. The van der Waals surface area contributed by atoms with Crippen LogP contribution in [-0.2, 0) is 37.9 Å². The molecule has 0 rings (SSSR count). The number of unbranched alkanes of at least 4 members (excludes halogenated alkanes) is 12. The van der Waals surface area contributed by atoms with Crippen molar-refractivity contribution in [3.8, 4) is 0 Å². The zero-order valence-electron chi connectivity index (χ0n) is 28.7. The molecule has 0 saturated heterocycles. The number of rotatable bonds is 24. The van der Waals surface area contributed by atoms with Crippen molar-refractivity contribution in [1.29, 1.82) is 0 Å². The van der Waals surface area contributed by atoms with Gasteiger partial charge in [-0.05, 0) is 38.5 Å². The molecule has 0 atom stereocenters. The SMILES string of the molecule is CCCCCN(CCCCC)C(=S)[S-].CCCCCN(CCCCC)C(=S)[S-].CCCCCN(CCCCC)C(=S)[S-].[HH].[HH].[HH].[HH].[HH].[HH].[Sb+3]. The fourth-order valence-electron chi connectivity index (χ4n) is 4.20. The van der Waals surface area contributed by atoms with Crippen LogP contribution in [0, 0.1) is 0 Å². The van der Waals surface area contributed by atoms with Crippen LogP contribution in [0.15, 0.2) is 0 Å². The Labute approximate surface area is 329 Å². The van der Waals surface area contributed by atoms with Gasteiger partial charge in [0.25, 0.3) is 0 Å². The van der Waals surface area contributed by atoms with Crippen molar-refractivity contribution in [2.45, 2.75) is 157 Å². The van der Waals surface area contributed by atoms with Gasteiger partial charge in [-0.3, -0.25) is 0 Å². The molecular formula is C33H78N3S6Sb. The minimum atomic E-state index is 0. The van der Waals surface area contributed by atoms with Crippen LogP contribution >= 0.6 is 36.7 Å². The van der Waals surface area contributed by atoms with Gasteiger partial charge >= 0.3 is 24.4 Å². The van der Waals surface area contributed by atoms with Crippen LogP contribution in [0.5, 0.6) is 0 Å². The Balaban J connectivity index is -0.0000000543. The average molecular weight is 831 g/mol. The monoisotopic (exact) mass is 829 g/mol. The molecule has 0 aliphatic carbocycles. The molecule has 0 saturated carbocycles. The molecule has 0 unspecified atom stereocenters. The van der Waals surface area contributed by atoms with Crippen LogP contribution in [0.4, 0.5) is 0 Å². The van der Waals surface area contributed by atoms with E-state index in [1.54, 1.807) is 0 Å². The normalized spacial score (nSPS) is 9.91. The molecule has 0 N–H and O–H groups in total. The smallest absolute Gasteiger partial charge is 0.411 e. The molecule has 0 aromatic heterocycles. The van der Waals surface area contributed by atoms with Crippen molar-refractivity contribution in [2.24, 2.45) is 0 Å². The minimum absolute atomic E-state index is 0. The Morgan fingerprint density at radius 2 is 0.512 bits per heavy atom. The second kappa shape index (κ2) is 41.2. The molecule has 10 heteroatoms. The summed E-state index contributed by atoms with van der Waals surface area (Å²) in [6.07, 6.45) is 22.6. The molecule has 0 aromatic carbocycles. The number of hydrogen-bond acceptors (Lipinski definition) is 6. The number of hydrogen-bond donors (Lipinski definition) is 0. The maximum absolute atomic E-state index is 5.06. The Morgan fingerprint density at radius 1 is 0.372 bits per heavy atom. The molecule has 266 valence electrons. The summed E-state index contributed by atoms with van der Waals surface area (Å²) in [6.45, 7) is 19.6. The van der Waals surface area contributed by atoms with Gasteiger partial charge in [0.1, 0.15) is 0 Å². The fraction of sp³-hybridized carbons (Fsp3) is 0.909. The Hall–Kier alpha value is 1.15. The maximum atomic E-state index is 5.06. The Kier molecular flexibility index (Phi) is 48.8. The first-order chi connectivity index (χ1) is 20.2. The summed E-state index contributed by atoms with van der Waals surface area (Å²) >= 11 is 30.3. The van der Waals surface area contributed by atoms with Crippen LogP contribution in [0.1, 0.15) is 166 Å². The number of thiocarbonyl (C=S) groups is 3. The van der Waals surface area contributed by atoms with Gasteiger partial charge in [0.2, 0.25) is 0 Å². The summed E-state index contributed by atoms with van der Waals surface area (Å²) < 4.78 is 1.95. The molecule has 3 nitrogen and oxygen atoms in total. The van der Waals surface area contributed by atoms with E-state index >= 15 is 0 Å². The van der Waals surface area contributed by atoms with E-state index in [0.29, 0.717) is 13.0 Å². The van der Waals surface area contributed by atoms with E-state index in [2.05, 4.69) is 56.2 Å². The molecule has 0 aliphatic rings. The van der Waals surface area contributed by atoms with E-state index in [1.165, 1.54) is 116 Å². The van der Waals surface area contributed by atoms with E-state index in [4.69, 9.17) is 74.5 Å². The molecule has 2 radical (unpaired) electrons. The van der Waals surface area contributed by atoms with Crippen molar-refractivity contribution >= 4 is 112 Å². The molecule has 0 aliphatic heterocycles. The third-order valence-corrected chi connectivity index (χ3v) is 8.51. The fourth-order valence-corrected chi connectivity index (χ4v) is 5.29. The summed E-state index contributed by atoms with van der Waals surface area (Å²) in [5.41, 5.74) is 0. The Morgan fingerprint density at radius 3 is 0.605 bits per heavy atom. The van der Waals surface area contributed by atoms with E-state index in [9.17, 15) is 0 Å². The predicted octanol–water partition coefficient (Wildman–Crippen LogP) is 11.6. The van der Waals surface area contributed by atoms with Crippen molar-refractivity contribution in [2.75, 3.05) is 39.3 Å². The van der Waals surface area contributed by atoms with Crippen LogP contribution in [0.2, 0.25) is 0 Å². The van der Waals surface area contributed by atoms with Gasteiger partial charge in [0.15, 0.2) is 0 Å². The van der Waals surface area contributed by atoms with Gasteiger partial charge < -0.3 is 89.2 Å². The van der Waals surface area contributed by atoms with Gasteiger partial charge in [-0.15, -0.1) is 0 Å². The minimum Gasteiger partial charge on any atom is -0.411 e. The van der Waals surface area contributed by atoms with Gasteiger partial charge in [0.05, 0.1) is 0 Å². The van der Waals surface area contributed by atoms with Crippen LogP contribution < -0.4 is 0 Å². The van der Waals surface area contributed by atoms with Gasteiger partial charge in [-0.2, -0.15) is 0 Å². The largest absolute Gasteiger partial charge is 3.00 e. The molecule has 0 spiro atoms. The van der Waals surface area contributed by atoms with Crippen LogP contribution in [0.3, 0.4) is 0 Å². The zero-order valence-corrected chi connectivity index (χ0v) is 36.2. The van der Waals surface area contributed by atoms with E-state index in [1.807, 2.05) is 0 Å². The maximum Gasteiger partial charge on any atom is 3.00 e. The van der Waals surface area contributed by atoms with Crippen molar-refractivity contribution in [3.63, 3.8) is 0 Å². The quantitative estimate of drug-likeness (QED) is 0.0404. The zero-order chi connectivity index (χ0) is 32.4. The Bertz CT molecular complexity index is 529. The van der Waals surface area contributed by atoms with Crippen LogP contribution in [0.25, 0.3) is 0 Å². The molecular weight excluding hydrogens is 753 g/mol. The number of nitrogens with zero attached hydrogens (tertiary/aromatic N) is 3. The molecule has 0 bridgehead atoms. The molecule has 0 heterocycles. The molecule has 43 heavy (non-hydrogen) atoms. The summed E-state index contributed by atoms with van der Waals surface area (Å²) in [6, 6.07) is 0. The topological polar surface area (TPSA) is 9.72 Å². The van der Waals surface area contributed by atoms with Crippen molar-refractivity contribution < 1.29 is 8.56 Å². The van der Waals surface area contributed by atoms with Crippen LogP contribution in [-0.4, -0.2) is 91.4 Å². The summed E-state index contributed by atoms with van der Waals surface area (Å²) in [4.78, 5) is 6.53. The first-order valence-corrected chi connectivity index (χ1v) is 19.5. The van der Waals surface area contributed by atoms with E-state index in [-0.39, 0.29) is 33.0 Å². The van der Waals surface area contributed by atoms with E-state index < -0.39 is 0 Å². The molecule has 0 fully saturated rings. The first-order valence-electron chi connectivity index (χ1n) is 17.0. The van der Waals surface area contributed by atoms with E-state index in [0.717, 1.165) is 39.3 Å². The standard InChI is InChI=1S/3C11H23NS2.Sb.6H2/c3*1-3-5-7-9-12(11(13)14)10-8-6-4-2;;;;;;;/h3*3-10H2,1-2H3,(H,13,14);;6*1H/q;;;+3;;;;;;/p-3. The third kappa shape index (κ3) is 39.2. The predicted molar refractivity (Wildman–Crippen MR) is 230 cm³/mol. The van der Waals surface area contributed by atoms with Gasteiger partial charge in [0, 0.05) is 47.8 Å². The summed E-state index contributed by atoms with van der Waals surface area (Å²) in [5, 5.41) is 0. The van der Waals surface area contributed by atoms with Crippen molar-refractivity contribution in [3.05, 3.63) is 0 Å². The third-order valence-electron chi connectivity index (χ3n) is 6.96. The second-order valence-corrected chi connectivity index (χ2v) is 14.1. The van der Waals surface area contributed by atoms with Gasteiger partial charge in [-0.1, -0.05) is 132 Å².